The lowest BCUT2D eigenvalue weighted by atomic mass is 9.94. The Morgan fingerprint density at radius 3 is 2.45 bits per heavy atom. The third-order valence-corrected chi connectivity index (χ3v) is 7.89. The molecule has 172 valence electrons. The second kappa shape index (κ2) is 9.56. The lowest BCUT2D eigenvalue weighted by molar-refractivity contribution is -0.154. The number of aliphatic hydroxyl groups excluding tert-OH is 2. The molecule has 2 N–H and O–H groups in total. The molecule has 1 heterocycles. The van der Waals surface area contributed by atoms with Crippen molar-refractivity contribution in [2.24, 2.45) is 0 Å². The number of carbonyl (C=O) groups excluding carboxylic acids is 1. The van der Waals surface area contributed by atoms with Gasteiger partial charge in [-0.25, -0.2) is 13.2 Å². The summed E-state index contributed by atoms with van der Waals surface area (Å²) < 4.78 is 43.2. The Hall–Kier alpha value is -1.49. The summed E-state index contributed by atoms with van der Waals surface area (Å²) >= 11 is 6.23. The Kier molecular flexibility index (Phi) is 7.45. The van der Waals surface area contributed by atoms with Crippen LogP contribution in [0.1, 0.15) is 30.9 Å². The number of halogens is 1. The van der Waals surface area contributed by atoms with E-state index in [-0.39, 0.29) is 44.0 Å². The zero-order chi connectivity index (χ0) is 22.8. The first-order valence-electron chi connectivity index (χ1n) is 10.1. The first-order valence-corrected chi connectivity index (χ1v) is 12.2. The molecule has 0 amide bonds. The maximum atomic E-state index is 13.3. The van der Waals surface area contributed by atoms with E-state index in [0.29, 0.717) is 10.6 Å². The lowest BCUT2D eigenvalue weighted by Gasteiger charge is -2.33. The number of benzene rings is 1. The van der Waals surface area contributed by atoms with E-state index in [2.05, 4.69) is 0 Å². The van der Waals surface area contributed by atoms with Gasteiger partial charge in [0.25, 0.3) is 0 Å². The molecule has 1 aromatic rings. The molecule has 1 aromatic carbocycles. The maximum absolute atomic E-state index is 13.3. The second-order valence-electron chi connectivity index (χ2n) is 7.74. The molecule has 0 aromatic heterocycles. The predicted octanol–water partition coefficient (Wildman–Crippen LogP) is 1.68. The summed E-state index contributed by atoms with van der Waals surface area (Å²) in [5.74, 6) is -2.51. The quantitative estimate of drug-likeness (QED) is 0.573. The number of aryl methyl sites for hydroxylation is 1. The summed E-state index contributed by atoms with van der Waals surface area (Å²) in [5.41, 5.74) is 1.28. The van der Waals surface area contributed by atoms with Gasteiger partial charge in [-0.1, -0.05) is 23.7 Å². The Morgan fingerprint density at radius 2 is 1.90 bits per heavy atom. The average molecular weight is 475 g/mol. The summed E-state index contributed by atoms with van der Waals surface area (Å²) in [6.07, 6.45) is -0.0686. The monoisotopic (exact) mass is 474 g/mol. The van der Waals surface area contributed by atoms with Crippen molar-refractivity contribution in [3.05, 3.63) is 46.0 Å². The van der Waals surface area contributed by atoms with Crippen LogP contribution >= 0.6 is 11.6 Å². The summed E-state index contributed by atoms with van der Waals surface area (Å²) in [6.45, 7) is 2.78. The number of hydrogen-bond donors (Lipinski definition) is 2. The molecule has 3 atom stereocenters. The molecule has 1 aliphatic carbocycles. The van der Waals surface area contributed by atoms with Crippen molar-refractivity contribution in [1.29, 1.82) is 0 Å². The molecular weight excluding hydrogens is 448 g/mol. The summed E-state index contributed by atoms with van der Waals surface area (Å²) in [5, 5.41) is 18.2. The van der Waals surface area contributed by atoms with E-state index in [4.69, 9.17) is 25.8 Å². The highest BCUT2D eigenvalue weighted by Gasteiger charge is 2.51. The molecule has 1 aliphatic heterocycles. The van der Waals surface area contributed by atoms with Crippen LogP contribution < -0.4 is 0 Å². The Bertz CT molecular complexity index is 946. The molecule has 10 heteroatoms. The van der Waals surface area contributed by atoms with E-state index in [1.165, 1.54) is 6.08 Å². The number of sulfone groups is 1. The molecular formula is C21H27ClO8S. The van der Waals surface area contributed by atoms with Crippen LogP contribution in [0.25, 0.3) is 0 Å². The largest absolute Gasteiger partial charge is 0.463 e. The standard InChI is InChI=1S/C21H27ClO8S/c1-3-28-20(25)15-9-21(29-17(10-23)18(11-24)30-21)7-6-19(15)31(26,27)12-14-5-4-13(2)8-16(14)22/h4-5,8-9,17-19,23-24H,3,6-7,10-12H2,1-2H3/t17-,18-,19?/m1/s1. The minimum atomic E-state index is -3.83. The van der Waals surface area contributed by atoms with Crippen molar-refractivity contribution in [3.8, 4) is 0 Å². The third-order valence-electron chi connectivity index (χ3n) is 5.46. The average Bonchev–Trinajstić information content (AvgIpc) is 3.07. The van der Waals surface area contributed by atoms with E-state index in [9.17, 15) is 23.4 Å². The van der Waals surface area contributed by atoms with Gasteiger partial charge in [0.05, 0.1) is 36.4 Å². The van der Waals surface area contributed by atoms with Crippen LogP contribution in [0, 0.1) is 6.92 Å². The highest BCUT2D eigenvalue weighted by molar-refractivity contribution is 7.91. The van der Waals surface area contributed by atoms with Gasteiger partial charge < -0.3 is 24.4 Å². The fourth-order valence-electron chi connectivity index (χ4n) is 3.94. The lowest BCUT2D eigenvalue weighted by Crippen LogP contribution is -2.41. The van der Waals surface area contributed by atoms with Crippen molar-refractivity contribution in [1.82, 2.24) is 0 Å². The molecule has 3 rings (SSSR count). The minimum absolute atomic E-state index is 0.0484. The van der Waals surface area contributed by atoms with Crippen molar-refractivity contribution < 1.29 is 37.6 Å². The number of carbonyl (C=O) groups is 1. The van der Waals surface area contributed by atoms with Gasteiger partial charge in [-0.3, -0.25) is 0 Å². The van der Waals surface area contributed by atoms with E-state index in [1.807, 2.05) is 6.92 Å². The summed E-state index contributed by atoms with van der Waals surface area (Å²) in [4.78, 5) is 12.7. The number of hydrogen-bond acceptors (Lipinski definition) is 8. The topological polar surface area (TPSA) is 119 Å². The second-order valence-corrected chi connectivity index (χ2v) is 10.3. The number of esters is 1. The molecule has 31 heavy (non-hydrogen) atoms. The Labute approximate surface area is 186 Å². The molecule has 8 nitrogen and oxygen atoms in total. The molecule has 2 aliphatic rings. The smallest absolute Gasteiger partial charge is 0.335 e. The minimum Gasteiger partial charge on any atom is -0.463 e. The van der Waals surface area contributed by atoms with Crippen LogP contribution in [-0.2, 0) is 34.6 Å². The van der Waals surface area contributed by atoms with Crippen LogP contribution in [0.4, 0.5) is 0 Å². The first-order chi connectivity index (χ1) is 14.6. The van der Waals surface area contributed by atoms with E-state index in [1.54, 1.807) is 25.1 Å². The molecule has 0 bridgehead atoms. The van der Waals surface area contributed by atoms with E-state index >= 15 is 0 Å². The molecule has 1 unspecified atom stereocenters. The van der Waals surface area contributed by atoms with Crippen LogP contribution in [0.3, 0.4) is 0 Å². The van der Waals surface area contributed by atoms with Gasteiger partial charge in [-0.15, -0.1) is 0 Å². The fourth-order valence-corrected chi connectivity index (χ4v) is 6.24. The van der Waals surface area contributed by atoms with Crippen molar-refractivity contribution in [3.63, 3.8) is 0 Å². The van der Waals surface area contributed by atoms with Crippen LogP contribution in [-0.4, -0.2) is 67.7 Å². The van der Waals surface area contributed by atoms with Gasteiger partial charge in [0.15, 0.2) is 15.6 Å². The van der Waals surface area contributed by atoms with E-state index in [0.717, 1.165) is 5.56 Å². The molecule has 1 fully saturated rings. The normalized spacial score (nSPS) is 25.5. The van der Waals surface area contributed by atoms with Gasteiger partial charge in [0.1, 0.15) is 12.2 Å². The van der Waals surface area contributed by atoms with Gasteiger partial charge in [0, 0.05) is 11.4 Å². The number of rotatable bonds is 7. The molecule has 0 radical (unpaired) electrons. The van der Waals surface area contributed by atoms with Crippen molar-refractivity contribution in [2.45, 2.75) is 55.7 Å². The summed E-state index contributed by atoms with van der Waals surface area (Å²) in [7, 11) is -3.83. The summed E-state index contributed by atoms with van der Waals surface area (Å²) in [6, 6.07) is 5.13. The highest BCUT2D eigenvalue weighted by atomic mass is 35.5. The van der Waals surface area contributed by atoms with Crippen LogP contribution in [0.15, 0.2) is 29.8 Å². The molecule has 1 spiro atoms. The number of ether oxygens (including phenoxy) is 3. The Balaban J connectivity index is 1.95. The molecule has 0 saturated carbocycles. The van der Waals surface area contributed by atoms with Crippen molar-refractivity contribution in [2.75, 3.05) is 19.8 Å². The first kappa shape index (κ1) is 24.2. The predicted molar refractivity (Wildman–Crippen MR) is 113 cm³/mol. The van der Waals surface area contributed by atoms with Crippen molar-refractivity contribution >= 4 is 27.4 Å². The zero-order valence-electron chi connectivity index (χ0n) is 17.4. The highest BCUT2D eigenvalue weighted by Crippen LogP contribution is 2.41. The molecule has 1 saturated heterocycles. The van der Waals surface area contributed by atoms with Gasteiger partial charge in [-0.05, 0) is 43.5 Å². The van der Waals surface area contributed by atoms with E-state index < -0.39 is 39.1 Å². The SMILES string of the molecule is CCOC(=O)C1=CC2(CCC1S(=O)(=O)Cc1ccc(C)cc1Cl)O[C@H](CO)[C@@H](CO)O2. The van der Waals surface area contributed by atoms with Gasteiger partial charge in [0.2, 0.25) is 0 Å². The van der Waals surface area contributed by atoms with Gasteiger partial charge >= 0.3 is 5.97 Å². The van der Waals surface area contributed by atoms with Gasteiger partial charge in [-0.2, -0.15) is 0 Å². The van der Waals surface area contributed by atoms with Crippen LogP contribution in [0.5, 0.6) is 0 Å². The zero-order valence-corrected chi connectivity index (χ0v) is 19.0. The Morgan fingerprint density at radius 1 is 1.26 bits per heavy atom. The van der Waals surface area contributed by atoms with Crippen LogP contribution in [0.2, 0.25) is 5.02 Å². The number of aliphatic hydroxyl groups is 2. The maximum Gasteiger partial charge on any atom is 0.335 e. The third kappa shape index (κ3) is 5.13. The fraction of sp³-hybridized carbons (Fsp3) is 0.571.